The summed E-state index contributed by atoms with van der Waals surface area (Å²) in [7, 11) is 1.60. The van der Waals surface area contributed by atoms with Crippen LogP contribution in [0.3, 0.4) is 0 Å². The summed E-state index contributed by atoms with van der Waals surface area (Å²) in [6.45, 7) is 1.58. The fourth-order valence-corrected chi connectivity index (χ4v) is 0.650. The molecule has 9 heavy (non-hydrogen) atoms. The number of nitrogen functional groups attached to an aromatic ring is 1. The van der Waals surface area contributed by atoms with Crippen molar-refractivity contribution >= 4 is 5.82 Å². The van der Waals surface area contributed by atoms with Crippen LogP contribution in [-0.2, 0) is 7.05 Å². The quantitative estimate of drug-likeness (QED) is 0.552. The van der Waals surface area contributed by atoms with Gasteiger partial charge in [0.25, 0.3) is 0 Å². The minimum absolute atomic E-state index is 0.0903. The highest BCUT2D eigenvalue weighted by Crippen LogP contribution is 2.10. The van der Waals surface area contributed by atoms with E-state index in [1.165, 1.54) is 4.68 Å². The average Bonchev–Trinajstić information content (AvgIpc) is 1.98. The van der Waals surface area contributed by atoms with Crippen LogP contribution in [-0.4, -0.2) is 9.78 Å². The predicted molar refractivity (Wildman–Crippen MR) is 32.3 cm³/mol. The van der Waals surface area contributed by atoms with E-state index < -0.39 is 5.82 Å². The van der Waals surface area contributed by atoms with E-state index in [4.69, 9.17) is 5.73 Å². The molecule has 50 valence electrons. The molecule has 0 fully saturated rings. The van der Waals surface area contributed by atoms with E-state index in [0.717, 1.165) is 0 Å². The summed E-state index contributed by atoms with van der Waals surface area (Å²) in [5.41, 5.74) is 5.57. The molecule has 0 aliphatic heterocycles. The van der Waals surface area contributed by atoms with Crippen LogP contribution in [0.2, 0.25) is 0 Å². The first-order valence-corrected chi connectivity index (χ1v) is 2.57. The van der Waals surface area contributed by atoms with Crippen LogP contribution < -0.4 is 5.73 Å². The number of aryl methyl sites for hydroxylation is 2. The molecular weight excluding hydrogens is 121 g/mol. The Kier molecular flexibility index (Phi) is 1.16. The molecule has 0 aliphatic carbocycles. The van der Waals surface area contributed by atoms with Gasteiger partial charge in [0.15, 0.2) is 11.6 Å². The number of anilines is 1. The average molecular weight is 129 g/mol. The molecule has 0 unspecified atom stereocenters. The lowest BCUT2D eigenvalue weighted by atomic mass is 10.4. The third-order valence-corrected chi connectivity index (χ3v) is 1.19. The fourth-order valence-electron chi connectivity index (χ4n) is 0.650. The topological polar surface area (TPSA) is 43.8 Å². The van der Waals surface area contributed by atoms with Gasteiger partial charge in [-0.25, -0.2) is 4.39 Å². The third-order valence-electron chi connectivity index (χ3n) is 1.19. The molecule has 4 heteroatoms. The van der Waals surface area contributed by atoms with E-state index in [2.05, 4.69) is 5.10 Å². The second kappa shape index (κ2) is 1.72. The molecule has 0 aromatic carbocycles. The molecule has 0 saturated carbocycles. The molecular formula is C5H8FN3. The Hall–Kier alpha value is -1.06. The number of halogens is 1. The zero-order valence-corrected chi connectivity index (χ0v) is 5.35. The Morgan fingerprint density at radius 3 is 2.33 bits per heavy atom. The second-order valence-corrected chi connectivity index (χ2v) is 1.91. The maximum atomic E-state index is 12.5. The zero-order chi connectivity index (χ0) is 7.02. The van der Waals surface area contributed by atoms with Crippen LogP contribution in [0, 0.1) is 12.7 Å². The summed E-state index contributed by atoms with van der Waals surface area (Å²) >= 11 is 0. The van der Waals surface area contributed by atoms with E-state index >= 15 is 0 Å². The molecule has 0 spiro atoms. The molecule has 0 bridgehead atoms. The molecule has 3 nitrogen and oxygen atoms in total. The Morgan fingerprint density at radius 1 is 1.67 bits per heavy atom. The Balaban J connectivity index is 3.29. The number of aromatic nitrogens is 2. The molecule has 0 radical (unpaired) electrons. The number of rotatable bonds is 0. The molecule has 1 aromatic rings. The number of hydrogen-bond donors (Lipinski definition) is 1. The highest BCUT2D eigenvalue weighted by molar-refractivity contribution is 5.32. The summed E-state index contributed by atoms with van der Waals surface area (Å²) in [5, 5.41) is 3.73. The van der Waals surface area contributed by atoms with Crippen LogP contribution in [0.4, 0.5) is 10.2 Å². The van der Waals surface area contributed by atoms with Crippen LogP contribution in [0.15, 0.2) is 0 Å². The maximum Gasteiger partial charge on any atom is 0.187 e. The van der Waals surface area contributed by atoms with Crippen molar-refractivity contribution in [2.75, 3.05) is 5.73 Å². The predicted octanol–water partition coefficient (Wildman–Crippen LogP) is 0.450. The van der Waals surface area contributed by atoms with Gasteiger partial charge >= 0.3 is 0 Å². The van der Waals surface area contributed by atoms with Crippen molar-refractivity contribution in [1.29, 1.82) is 0 Å². The number of nitrogens with two attached hydrogens (primary N) is 1. The first-order chi connectivity index (χ1) is 4.13. The van der Waals surface area contributed by atoms with E-state index in [-0.39, 0.29) is 5.82 Å². The van der Waals surface area contributed by atoms with Gasteiger partial charge in [-0.05, 0) is 6.92 Å². The lowest BCUT2D eigenvalue weighted by molar-refractivity contribution is 0.623. The maximum absolute atomic E-state index is 12.5. The summed E-state index contributed by atoms with van der Waals surface area (Å²) in [6, 6.07) is 0. The van der Waals surface area contributed by atoms with Crippen LogP contribution >= 0.6 is 0 Å². The van der Waals surface area contributed by atoms with Crippen molar-refractivity contribution in [3.63, 3.8) is 0 Å². The van der Waals surface area contributed by atoms with Gasteiger partial charge in [-0.15, -0.1) is 0 Å². The number of nitrogens with zero attached hydrogens (tertiary/aromatic N) is 2. The SMILES string of the molecule is Cc1nn(C)c(N)c1F. The number of hydrogen-bond acceptors (Lipinski definition) is 2. The molecule has 1 heterocycles. The van der Waals surface area contributed by atoms with Crippen molar-refractivity contribution in [2.45, 2.75) is 6.92 Å². The van der Waals surface area contributed by atoms with Gasteiger partial charge < -0.3 is 5.73 Å². The van der Waals surface area contributed by atoms with Gasteiger partial charge in [-0.2, -0.15) is 5.10 Å². The van der Waals surface area contributed by atoms with Crippen LogP contribution in [0.25, 0.3) is 0 Å². The Bertz CT molecular complexity index is 206. The highest BCUT2D eigenvalue weighted by atomic mass is 19.1. The van der Waals surface area contributed by atoms with E-state index in [1.54, 1.807) is 14.0 Å². The van der Waals surface area contributed by atoms with Gasteiger partial charge in [-0.3, -0.25) is 4.68 Å². The van der Waals surface area contributed by atoms with Crippen LogP contribution in [0.1, 0.15) is 5.69 Å². The molecule has 0 aliphatic rings. The highest BCUT2D eigenvalue weighted by Gasteiger charge is 2.07. The smallest absolute Gasteiger partial charge is 0.187 e. The van der Waals surface area contributed by atoms with Crippen molar-refractivity contribution < 1.29 is 4.39 Å². The fraction of sp³-hybridized carbons (Fsp3) is 0.400. The first-order valence-electron chi connectivity index (χ1n) is 2.57. The molecule has 1 rings (SSSR count). The Labute approximate surface area is 52.3 Å². The van der Waals surface area contributed by atoms with Crippen molar-refractivity contribution in [3.05, 3.63) is 11.5 Å². The lowest BCUT2D eigenvalue weighted by Gasteiger charge is -1.88. The Morgan fingerprint density at radius 2 is 2.22 bits per heavy atom. The molecule has 1 aromatic heterocycles. The second-order valence-electron chi connectivity index (χ2n) is 1.91. The minimum atomic E-state index is -0.419. The van der Waals surface area contributed by atoms with Gasteiger partial charge in [0.1, 0.15) is 0 Å². The van der Waals surface area contributed by atoms with Crippen LogP contribution in [0.5, 0.6) is 0 Å². The largest absolute Gasteiger partial charge is 0.381 e. The van der Waals surface area contributed by atoms with Gasteiger partial charge in [0.2, 0.25) is 0 Å². The minimum Gasteiger partial charge on any atom is -0.381 e. The third kappa shape index (κ3) is 0.759. The van der Waals surface area contributed by atoms with E-state index in [9.17, 15) is 4.39 Å². The molecule has 0 atom stereocenters. The van der Waals surface area contributed by atoms with Gasteiger partial charge in [0.05, 0.1) is 5.69 Å². The standard InChI is InChI=1S/C5H8FN3/c1-3-4(6)5(7)9(2)8-3/h7H2,1-2H3. The summed E-state index contributed by atoms with van der Waals surface area (Å²) in [4.78, 5) is 0. The van der Waals surface area contributed by atoms with Crippen molar-refractivity contribution in [2.24, 2.45) is 7.05 Å². The lowest BCUT2D eigenvalue weighted by Crippen LogP contribution is -1.97. The monoisotopic (exact) mass is 129 g/mol. The van der Waals surface area contributed by atoms with Gasteiger partial charge in [-0.1, -0.05) is 0 Å². The van der Waals surface area contributed by atoms with E-state index in [1.807, 2.05) is 0 Å². The summed E-state index contributed by atoms with van der Waals surface area (Å²) in [6.07, 6.45) is 0. The molecule has 0 saturated heterocycles. The normalized spacial score (nSPS) is 10.1. The summed E-state index contributed by atoms with van der Waals surface area (Å²) < 4.78 is 13.9. The molecule has 0 amide bonds. The van der Waals surface area contributed by atoms with Gasteiger partial charge in [0, 0.05) is 7.05 Å². The zero-order valence-electron chi connectivity index (χ0n) is 5.35. The van der Waals surface area contributed by atoms with Crippen molar-refractivity contribution in [3.8, 4) is 0 Å². The summed E-state index contributed by atoms with van der Waals surface area (Å²) in [5.74, 6) is -0.329. The van der Waals surface area contributed by atoms with E-state index in [0.29, 0.717) is 5.69 Å². The van der Waals surface area contributed by atoms with Crippen molar-refractivity contribution in [1.82, 2.24) is 9.78 Å². The molecule has 2 N–H and O–H groups in total. The first kappa shape index (κ1) is 6.07.